The van der Waals surface area contributed by atoms with E-state index in [0.29, 0.717) is 29.3 Å². The van der Waals surface area contributed by atoms with Gasteiger partial charge in [-0.25, -0.2) is 0 Å². The average molecular weight is 228 g/mol. The van der Waals surface area contributed by atoms with Gasteiger partial charge in [0.1, 0.15) is 0 Å². The van der Waals surface area contributed by atoms with Crippen molar-refractivity contribution in [1.82, 2.24) is 0 Å². The third kappa shape index (κ3) is 2.64. The molecular formula is C11H14ClNO2. The number of aromatic hydroxyl groups is 1. The van der Waals surface area contributed by atoms with Crippen molar-refractivity contribution in [1.29, 1.82) is 0 Å². The second kappa shape index (κ2) is 5.05. The van der Waals surface area contributed by atoms with E-state index in [9.17, 15) is 5.11 Å². The number of phenolic OH excluding ortho intramolecular Hbond substituents is 1. The largest absolute Gasteiger partial charge is 0.504 e. The molecule has 0 radical (unpaired) electrons. The number of halogens is 1. The summed E-state index contributed by atoms with van der Waals surface area (Å²) in [6.45, 7) is 4.32. The summed E-state index contributed by atoms with van der Waals surface area (Å²) < 4.78 is 4.99. The minimum atomic E-state index is 0.0559. The fourth-order valence-electron chi connectivity index (χ4n) is 1.31. The van der Waals surface area contributed by atoms with Crippen molar-refractivity contribution in [3.05, 3.63) is 29.3 Å². The SMILES string of the molecule is C=C(CCN)c1cc(Cl)cc(OC)c1O. The summed E-state index contributed by atoms with van der Waals surface area (Å²) in [4.78, 5) is 0. The Morgan fingerprint density at radius 1 is 1.60 bits per heavy atom. The topological polar surface area (TPSA) is 55.5 Å². The van der Waals surface area contributed by atoms with Crippen LogP contribution in [0.5, 0.6) is 11.5 Å². The molecule has 1 rings (SSSR count). The first-order valence-electron chi connectivity index (χ1n) is 4.55. The van der Waals surface area contributed by atoms with Crippen LogP contribution in [-0.2, 0) is 0 Å². The molecule has 4 heteroatoms. The zero-order valence-electron chi connectivity index (χ0n) is 8.59. The highest BCUT2D eigenvalue weighted by atomic mass is 35.5. The fraction of sp³-hybridized carbons (Fsp3) is 0.273. The first-order valence-corrected chi connectivity index (χ1v) is 4.92. The van der Waals surface area contributed by atoms with Crippen molar-refractivity contribution in [2.45, 2.75) is 6.42 Å². The minimum absolute atomic E-state index is 0.0559. The van der Waals surface area contributed by atoms with Crippen LogP contribution < -0.4 is 10.5 Å². The van der Waals surface area contributed by atoms with Crippen LogP contribution in [0.1, 0.15) is 12.0 Å². The molecular weight excluding hydrogens is 214 g/mol. The molecule has 0 bridgehead atoms. The van der Waals surface area contributed by atoms with Gasteiger partial charge in [0.25, 0.3) is 0 Å². The number of nitrogens with two attached hydrogens (primary N) is 1. The Morgan fingerprint density at radius 3 is 2.80 bits per heavy atom. The fourth-order valence-corrected chi connectivity index (χ4v) is 1.52. The number of hydrogen-bond donors (Lipinski definition) is 2. The van der Waals surface area contributed by atoms with E-state index in [-0.39, 0.29) is 5.75 Å². The number of methoxy groups -OCH3 is 1. The zero-order valence-corrected chi connectivity index (χ0v) is 9.34. The highest BCUT2D eigenvalue weighted by Gasteiger charge is 2.11. The molecule has 0 aliphatic heterocycles. The van der Waals surface area contributed by atoms with Gasteiger partial charge in [-0.05, 0) is 24.6 Å². The van der Waals surface area contributed by atoms with Crippen LogP contribution in [-0.4, -0.2) is 18.8 Å². The molecule has 0 heterocycles. The predicted molar refractivity (Wildman–Crippen MR) is 62.4 cm³/mol. The highest BCUT2D eigenvalue weighted by molar-refractivity contribution is 6.31. The Bertz CT molecular complexity index is 377. The Kier molecular flexibility index (Phi) is 4.00. The van der Waals surface area contributed by atoms with Crippen molar-refractivity contribution >= 4 is 17.2 Å². The Labute approximate surface area is 94.1 Å². The van der Waals surface area contributed by atoms with Gasteiger partial charge in [0.15, 0.2) is 11.5 Å². The summed E-state index contributed by atoms with van der Waals surface area (Å²) in [6, 6.07) is 3.20. The molecule has 1 aromatic rings. The molecule has 3 nitrogen and oxygen atoms in total. The van der Waals surface area contributed by atoms with E-state index in [0.717, 1.165) is 5.57 Å². The Hall–Kier alpha value is -1.19. The molecule has 0 spiro atoms. The standard InChI is InChI=1S/C11H14ClNO2/c1-7(3-4-13)9-5-8(12)6-10(15-2)11(9)14/h5-6,14H,1,3-4,13H2,2H3. The van der Waals surface area contributed by atoms with Gasteiger partial charge >= 0.3 is 0 Å². The van der Waals surface area contributed by atoms with Crippen molar-refractivity contribution in [2.24, 2.45) is 5.73 Å². The molecule has 0 aliphatic carbocycles. The van der Waals surface area contributed by atoms with Gasteiger partial charge in [0.2, 0.25) is 0 Å². The summed E-state index contributed by atoms with van der Waals surface area (Å²) in [6.07, 6.45) is 0.608. The number of rotatable bonds is 4. The molecule has 0 atom stereocenters. The van der Waals surface area contributed by atoms with E-state index in [1.807, 2.05) is 0 Å². The molecule has 0 fully saturated rings. The molecule has 82 valence electrons. The van der Waals surface area contributed by atoms with Gasteiger partial charge in [-0.2, -0.15) is 0 Å². The molecule has 1 aromatic carbocycles. The van der Waals surface area contributed by atoms with Crippen molar-refractivity contribution in [3.8, 4) is 11.5 Å². The normalized spacial score (nSPS) is 10.1. The molecule has 3 N–H and O–H groups in total. The lowest BCUT2D eigenvalue weighted by atomic mass is 10.0. The van der Waals surface area contributed by atoms with Crippen LogP contribution >= 0.6 is 11.6 Å². The predicted octanol–water partition coefficient (Wildman–Crippen LogP) is 2.42. The lowest BCUT2D eigenvalue weighted by Crippen LogP contribution is -2.00. The van der Waals surface area contributed by atoms with Crippen LogP contribution in [0.15, 0.2) is 18.7 Å². The summed E-state index contributed by atoms with van der Waals surface area (Å²) in [5.74, 6) is 0.399. The smallest absolute Gasteiger partial charge is 0.165 e. The molecule has 0 aliphatic rings. The molecule has 0 aromatic heterocycles. The van der Waals surface area contributed by atoms with Gasteiger partial charge in [-0.3, -0.25) is 0 Å². The van der Waals surface area contributed by atoms with E-state index in [4.69, 9.17) is 22.1 Å². The van der Waals surface area contributed by atoms with Crippen LogP contribution in [0.4, 0.5) is 0 Å². The second-order valence-corrected chi connectivity index (χ2v) is 3.58. The summed E-state index contributed by atoms with van der Waals surface area (Å²) in [5.41, 5.74) is 6.75. The molecule has 0 unspecified atom stereocenters. The van der Waals surface area contributed by atoms with E-state index < -0.39 is 0 Å². The minimum Gasteiger partial charge on any atom is -0.504 e. The summed E-state index contributed by atoms with van der Waals surface area (Å²) >= 11 is 5.88. The average Bonchev–Trinajstić information content (AvgIpc) is 2.21. The highest BCUT2D eigenvalue weighted by Crippen LogP contribution is 2.37. The molecule has 0 saturated carbocycles. The lowest BCUT2D eigenvalue weighted by Gasteiger charge is -2.11. The maximum absolute atomic E-state index is 9.82. The number of hydrogen-bond acceptors (Lipinski definition) is 3. The molecule has 0 saturated heterocycles. The van der Waals surface area contributed by atoms with Gasteiger partial charge in [-0.15, -0.1) is 0 Å². The van der Waals surface area contributed by atoms with E-state index in [1.54, 1.807) is 12.1 Å². The molecule has 0 amide bonds. The summed E-state index contributed by atoms with van der Waals surface area (Å²) in [5, 5.41) is 10.3. The van der Waals surface area contributed by atoms with E-state index in [1.165, 1.54) is 7.11 Å². The van der Waals surface area contributed by atoms with E-state index in [2.05, 4.69) is 6.58 Å². The zero-order chi connectivity index (χ0) is 11.4. The third-order valence-corrected chi connectivity index (χ3v) is 2.30. The second-order valence-electron chi connectivity index (χ2n) is 3.15. The Balaban J connectivity index is 3.17. The third-order valence-electron chi connectivity index (χ3n) is 2.09. The van der Waals surface area contributed by atoms with Crippen LogP contribution in [0.25, 0.3) is 5.57 Å². The van der Waals surface area contributed by atoms with Crippen LogP contribution in [0.2, 0.25) is 5.02 Å². The number of phenols is 1. The van der Waals surface area contributed by atoms with Crippen LogP contribution in [0.3, 0.4) is 0 Å². The maximum atomic E-state index is 9.82. The van der Waals surface area contributed by atoms with Crippen molar-refractivity contribution < 1.29 is 9.84 Å². The van der Waals surface area contributed by atoms with Gasteiger partial charge in [-0.1, -0.05) is 18.2 Å². The van der Waals surface area contributed by atoms with Gasteiger partial charge in [0, 0.05) is 16.7 Å². The van der Waals surface area contributed by atoms with Crippen LogP contribution in [0, 0.1) is 0 Å². The molecule has 15 heavy (non-hydrogen) atoms. The maximum Gasteiger partial charge on any atom is 0.165 e. The first-order chi connectivity index (χ1) is 7.10. The first kappa shape index (κ1) is 11.9. The number of ether oxygens (including phenoxy) is 1. The number of benzene rings is 1. The monoisotopic (exact) mass is 227 g/mol. The quantitative estimate of drug-likeness (QED) is 0.831. The lowest BCUT2D eigenvalue weighted by molar-refractivity contribution is 0.372. The van der Waals surface area contributed by atoms with Crippen molar-refractivity contribution in [3.63, 3.8) is 0 Å². The van der Waals surface area contributed by atoms with Crippen molar-refractivity contribution in [2.75, 3.05) is 13.7 Å². The summed E-state index contributed by atoms with van der Waals surface area (Å²) in [7, 11) is 1.47. The van der Waals surface area contributed by atoms with E-state index >= 15 is 0 Å². The Morgan fingerprint density at radius 2 is 2.27 bits per heavy atom. The van der Waals surface area contributed by atoms with Gasteiger partial charge < -0.3 is 15.6 Å². The van der Waals surface area contributed by atoms with Gasteiger partial charge in [0.05, 0.1) is 7.11 Å².